The third-order valence-electron chi connectivity index (χ3n) is 5.82. The van der Waals surface area contributed by atoms with Crippen LogP contribution in [0.5, 0.6) is 0 Å². The van der Waals surface area contributed by atoms with Gasteiger partial charge < -0.3 is 9.32 Å². The Morgan fingerprint density at radius 3 is 2.48 bits per heavy atom. The fourth-order valence-electron chi connectivity index (χ4n) is 3.96. The summed E-state index contributed by atoms with van der Waals surface area (Å²) in [5, 5.41) is 10.8. The number of hydrogen-bond acceptors (Lipinski definition) is 6. The number of fused-ring (bicyclic) bond motifs is 1. The molecule has 9 heteroatoms. The quantitative estimate of drug-likeness (QED) is 0.506. The van der Waals surface area contributed by atoms with Gasteiger partial charge in [0.15, 0.2) is 0 Å². The molecular weight excluding hydrogens is 440 g/mol. The number of furan rings is 1. The summed E-state index contributed by atoms with van der Waals surface area (Å²) in [6.07, 6.45) is 1.79. The SMILES string of the molecule is N#CCCN(Cc1ccco1)C(=O)CN1CCN(S(=O)(=O)c2ccc3ccccc3c2)CC1. The third kappa shape index (κ3) is 5.42. The molecule has 0 radical (unpaired) electrons. The molecule has 1 fully saturated rings. The van der Waals surface area contributed by atoms with Gasteiger partial charge in [-0.1, -0.05) is 30.3 Å². The van der Waals surface area contributed by atoms with E-state index in [1.807, 2.05) is 35.2 Å². The zero-order chi connectivity index (χ0) is 23.3. The van der Waals surface area contributed by atoms with Crippen molar-refractivity contribution in [2.24, 2.45) is 0 Å². The van der Waals surface area contributed by atoms with Crippen LogP contribution in [-0.4, -0.2) is 67.7 Å². The van der Waals surface area contributed by atoms with Gasteiger partial charge >= 0.3 is 0 Å². The predicted octanol–water partition coefficient (Wildman–Crippen LogP) is 2.68. The fourth-order valence-corrected chi connectivity index (χ4v) is 5.42. The smallest absolute Gasteiger partial charge is 0.243 e. The standard InChI is InChI=1S/C24H26N4O4S/c25-10-4-11-27(18-22-7-3-16-32-22)24(29)19-26-12-14-28(15-13-26)33(30,31)23-9-8-20-5-1-2-6-21(20)17-23/h1-3,5-9,16-17H,4,11-15,18-19H2. The van der Waals surface area contributed by atoms with Crippen molar-refractivity contribution in [3.05, 3.63) is 66.6 Å². The maximum atomic E-state index is 13.2. The van der Waals surface area contributed by atoms with Crippen molar-refractivity contribution in [3.63, 3.8) is 0 Å². The van der Waals surface area contributed by atoms with Gasteiger partial charge in [-0.2, -0.15) is 9.57 Å². The monoisotopic (exact) mass is 466 g/mol. The molecule has 0 saturated carbocycles. The second-order valence-corrected chi connectivity index (χ2v) is 9.93. The molecule has 2 aromatic carbocycles. The number of nitriles is 1. The number of hydrogen-bond donors (Lipinski definition) is 0. The Labute approximate surface area is 193 Å². The van der Waals surface area contributed by atoms with E-state index in [0.717, 1.165) is 10.8 Å². The summed E-state index contributed by atoms with van der Waals surface area (Å²) in [5.41, 5.74) is 0. The fraction of sp³-hybridized carbons (Fsp3) is 0.333. The molecule has 1 aliphatic heterocycles. The van der Waals surface area contributed by atoms with Crippen LogP contribution in [0.4, 0.5) is 0 Å². The molecule has 33 heavy (non-hydrogen) atoms. The summed E-state index contributed by atoms with van der Waals surface area (Å²) in [6.45, 7) is 2.38. The van der Waals surface area contributed by atoms with Crippen LogP contribution in [0.25, 0.3) is 10.8 Å². The van der Waals surface area contributed by atoms with Crippen molar-refractivity contribution in [1.82, 2.24) is 14.1 Å². The minimum absolute atomic E-state index is 0.104. The molecule has 0 N–H and O–H groups in total. The van der Waals surface area contributed by atoms with Crippen LogP contribution in [-0.2, 0) is 21.4 Å². The number of amides is 1. The van der Waals surface area contributed by atoms with E-state index in [9.17, 15) is 13.2 Å². The van der Waals surface area contributed by atoms with Gasteiger partial charge in [0.2, 0.25) is 15.9 Å². The Balaban J connectivity index is 1.37. The van der Waals surface area contributed by atoms with Crippen LogP contribution in [0.2, 0.25) is 0 Å². The normalized spacial score (nSPS) is 15.4. The van der Waals surface area contributed by atoms with E-state index in [1.165, 1.54) is 4.31 Å². The minimum Gasteiger partial charge on any atom is -0.467 e. The lowest BCUT2D eigenvalue weighted by Crippen LogP contribution is -2.51. The van der Waals surface area contributed by atoms with Crippen molar-refractivity contribution in [2.75, 3.05) is 39.3 Å². The predicted molar refractivity (Wildman–Crippen MR) is 124 cm³/mol. The van der Waals surface area contributed by atoms with Crippen LogP contribution >= 0.6 is 0 Å². The van der Waals surface area contributed by atoms with Crippen molar-refractivity contribution in [3.8, 4) is 6.07 Å². The van der Waals surface area contributed by atoms with E-state index in [4.69, 9.17) is 9.68 Å². The highest BCUT2D eigenvalue weighted by atomic mass is 32.2. The average Bonchev–Trinajstić information content (AvgIpc) is 3.35. The maximum Gasteiger partial charge on any atom is 0.243 e. The molecule has 0 atom stereocenters. The van der Waals surface area contributed by atoms with Gasteiger partial charge in [-0.3, -0.25) is 9.69 Å². The van der Waals surface area contributed by atoms with E-state index in [0.29, 0.717) is 45.0 Å². The molecule has 1 aliphatic rings. The van der Waals surface area contributed by atoms with Crippen molar-refractivity contribution < 1.29 is 17.6 Å². The average molecular weight is 467 g/mol. The second-order valence-electron chi connectivity index (χ2n) is 7.99. The summed E-state index contributed by atoms with van der Waals surface area (Å²) in [7, 11) is -3.61. The number of rotatable bonds is 8. The first-order valence-electron chi connectivity index (χ1n) is 10.9. The molecule has 2 heterocycles. The maximum absolute atomic E-state index is 13.2. The highest BCUT2D eigenvalue weighted by Gasteiger charge is 2.30. The molecule has 0 aliphatic carbocycles. The van der Waals surface area contributed by atoms with Gasteiger partial charge in [0.1, 0.15) is 5.76 Å². The zero-order valence-corrected chi connectivity index (χ0v) is 19.1. The van der Waals surface area contributed by atoms with Gasteiger partial charge in [0.25, 0.3) is 0 Å². The zero-order valence-electron chi connectivity index (χ0n) is 18.3. The van der Waals surface area contributed by atoms with Gasteiger partial charge in [0, 0.05) is 32.7 Å². The van der Waals surface area contributed by atoms with Gasteiger partial charge in [-0.15, -0.1) is 0 Å². The number of piperazine rings is 1. The topological polar surface area (TPSA) is 97.9 Å². The van der Waals surface area contributed by atoms with E-state index in [1.54, 1.807) is 35.4 Å². The Kier molecular flexibility index (Phi) is 7.08. The Bertz CT molecular complexity index is 1240. The number of carbonyl (C=O) groups excluding carboxylic acids is 1. The van der Waals surface area contributed by atoms with Crippen molar-refractivity contribution >= 4 is 26.7 Å². The summed E-state index contributed by atoms with van der Waals surface area (Å²) in [5.74, 6) is 0.556. The largest absolute Gasteiger partial charge is 0.467 e. The molecule has 0 unspecified atom stereocenters. The number of benzene rings is 2. The molecule has 172 valence electrons. The number of carbonyl (C=O) groups is 1. The van der Waals surface area contributed by atoms with Crippen molar-refractivity contribution in [1.29, 1.82) is 5.26 Å². The van der Waals surface area contributed by atoms with Gasteiger partial charge in [-0.05, 0) is 35.0 Å². The molecule has 0 spiro atoms. The summed E-state index contributed by atoms with van der Waals surface area (Å²) >= 11 is 0. The van der Waals surface area contributed by atoms with Crippen LogP contribution in [0.3, 0.4) is 0 Å². The first-order valence-corrected chi connectivity index (χ1v) is 12.3. The second kappa shape index (κ2) is 10.2. The highest BCUT2D eigenvalue weighted by Crippen LogP contribution is 2.23. The molecule has 1 amide bonds. The summed E-state index contributed by atoms with van der Waals surface area (Å²) in [4.78, 5) is 16.7. The van der Waals surface area contributed by atoms with E-state index >= 15 is 0 Å². The first kappa shape index (κ1) is 23.0. The summed E-state index contributed by atoms with van der Waals surface area (Å²) in [6, 6.07) is 18.5. The highest BCUT2D eigenvalue weighted by molar-refractivity contribution is 7.89. The summed E-state index contributed by atoms with van der Waals surface area (Å²) < 4.78 is 33.1. The molecule has 4 rings (SSSR count). The lowest BCUT2D eigenvalue weighted by atomic mass is 10.1. The lowest BCUT2D eigenvalue weighted by molar-refractivity contribution is -0.133. The lowest BCUT2D eigenvalue weighted by Gasteiger charge is -2.34. The van der Waals surface area contributed by atoms with Crippen LogP contribution < -0.4 is 0 Å². The Hall–Kier alpha value is -3.19. The number of nitrogens with zero attached hydrogens (tertiary/aromatic N) is 4. The molecule has 8 nitrogen and oxygen atoms in total. The van der Waals surface area contributed by atoms with Crippen molar-refractivity contribution in [2.45, 2.75) is 17.9 Å². The van der Waals surface area contributed by atoms with Gasteiger partial charge in [-0.25, -0.2) is 8.42 Å². The number of sulfonamides is 1. The molecule has 0 bridgehead atoms. The molecule has 1 saturated heterocycles. The van der Waals surface area contributed by atoms with E-state index in [-0.39, 0.29) is 23.8 Å². The van der Waals surface area contributed by atoms with Crippen LogP contribution in [0.1, 0.15) is 12.2 Å². The Morgan fingerprint density at radius 1 is 1.03 bits per heavy atom. The third-order valence-corrected chi connectivity index (χ3v) is 7.72. The molecule has 1 aromatic heterocycles. The molecular formula is C24H26N4O4S. The van der Waals surface area contributed by atoms with E-state index in [2.05, 4.69) is 6.07 Å². The minimum atomic E-state index is -3.61. The Morgan fingerprint density at radius 2 is 1.79 bits per heavy atom. The van der Waals surface area contributed by atoms with Gasteiger partial charge in [0.05, 0.1) is 36.7 Å². The first-order chi connectivity index (χ1) is 16.0. The van der Waals surface area contributed by atoms with Crippen LogP contribution in [0, 0.1) is 11.3 Å². The van der Waals surface area contributed by atoms with Crippen LogP contribution in [0.15, 0.2) is 70.2 Å². The molecule has 3 aromatic rings. The van der Waals surface area contributed by atoms with E-state index < -0.39 is 10.0 Å².